The zero-order valence-corrected chi connectivity index (χ0v) is 8.77. The molecule has 0 saturated heterocycles. The first kappa shape index (κ1) is 14.1. The smallest absolute Gasteiger partial charge is 0.142 e. The van der Waals surface area contributed by atoms with Gasteiger partial charge in [0.05, 0.1) is 33.8 Å². The maximum Gasteiger partial charge on any atom is 0.142 e. The van der Waals surface area contributed by atoms with Crippen LogP contribution in [0.1, 0.15) is 6.92 Å². The second-order valence-electron chi connectivity index (χ2n) is 3.69. The molecule has 1 N–H and O–H groups in total. The van der Waals surface area contributed by atoms with Crippen molar-refractivity contribution in [1.29, 1.82) is 5.41 Å². The number of halogens is 1. The largest absolute Gasteiger partial charge is 0.592 e. The third kappa shape index (κ3) is 9.52. The summed E-state index contributed by atoms with van der Waals surface area (Å²) in [6.45, 7) is 2.51. The Balaban J connectivity index is 0. The molecule has 0 spiro atoms. The highest BCUT2D eigenvalue weighted by Crippen LogP contribution is 1.97. The third-order valence-electron chi connectivity index (χ3n) is 1.11. The average Bonchev–Trinajstić information content (AvgIpc) is 1.53. The molecule has 12 heavy (non-hydrogen) atoms. The van der Waals surface area contributed by atoms with Gasteiger partial charge < -0.3 is 14.3 Å². The van der Waals surface area contributed by atoms with Crippen LogP contribution in [0.4, 0.5) is 0 Å². The highest BCUT2D eigenvalue weighted by Gasteiger charge is 2.10. The topological polar surface area (TPSA) is 56.1 Å². The number of nitrogens with zero attached hydrogens (tertiary/aromatic N) is 1. The Kier molecular flexibility index (Phi) is 6.11. The molecule has 0 fully saturated rings. The molecule has 0 rings (SSSR count). The van der Waals surface area contributed by atoms with Gasteiger partial charge in [-0.3, -0.25) is 5.41 Å². The fourth-order valence-electron chi connectivity index (χ4n) is 0.991. The normalized spacial score (nSPS) is 13.0. The van der Waals surface area contributed by atoms with Gasteiger partial charge in [0.1, 0.15) is 6.08 Å². The number of likely N-dealkylation sites (N-methyl/N-ethyl adjacent to an activating group) is 1. The molecule has 0 aliphatic heterocycles. The van der Waals surface area contributed by atoms with E-state index in [-0.39, 0.29) is 18.5 Å². The monoisotopic (exact) mass is 196 g/mol. The molecule has 1 atom stereocenters. The van der Waals surface area contributed by atoms with Crippen LogP contribution in [0.2, 0.25) is 0 Å². The number of hydrogen-bond acceptors (Lipinski definition) is 3. The van der Waals surface area contributed by atoms with Crippen molar-refractivity contribution in [3.63, 3.8) is 0 Å². The molecule has 0 saturated carbocycles. The standard InChI is InChI=1S/C7H16N2O2.ClH/c1-6(11-7(8)10)5-9(2,3)4;/h6H,5H2,1-4H3,(H-,8,10);1H/t6-;/m0./s1. The zero-order valence-electron chi connectivity index (χ0n) is 7.96. The predicted molar refractivity (Wildman–Crippen MR) is 48.4 cm³/mol. The summed E-state index contributed by atoms with van der Waals surface area (Å²) in [6.07, 6.45) is -1.13. The molecular weight excluding hydrogens is 180 g/mol. The molecule has 0 unspecified atom stereocenters. The first-order valence-corrected chi connectivity index (χ1v) is 3.54. The Bertz CT molecular complexity index is 145. The summed E-state index contributed by atoms with van der Waals surface area (Å²) in [6, 6.07) is 0. The third-order valence-corrected chi connectivity index (χ3v) is 1.11. The zero-order chi connectivity index (χ0) is 9.07. The van der Waals surface area contributed by atoms with Gasteiger partial charge in [0.25, 0.3) is 0 Å². The van der Waals surface area contributed by atoms with Gasteiger partial charge in [-0.25, -0.2) is 0 Å². The molecule has 0 bridgehead atoms. The van der Waals surface area contributed by atoms with Crippen LogP contribution in [-0.2, 0) is 4.74 Å². The van der Waals surface area contributed by atoms with Crippen LogP contribution in [0.25, 0.3) is 0 Å². The Hall–Kier alpha value is -0.480. The van der Waals surface area contributed by atoms with Crippen molar-refractivity contribution in [3.8, 4) is 0 Å². The molecule has 0 aromatic rings. The van der Waals surface area contributed by atoms with Crippen LogP contribution in [-0.4, -0.2) is 44.4 Å². The average molecular weight is 197 g/mol. The van der Waals surface area contributed by atoms with Crippen LogP contribution in [0.5, 0.6) is 0 Å². The molecule has 0 aromatic carbocycles. The maximum atomic E-state index is 10.2. The van der Waals surface area contributed by atoms with Gasteiger partial charge in [-0.1, -0.05) is 0 Å². The van der Waals surface area contributed by atoms with Gasteiger partial charge in [0, 0.05) is 0 Å². The Labute approximate surface area is 79.6 Å². The summed E-state index contributed by atoms with van der Waals surface area (Å²) >= 11 is 0. The molecule has 0 aliphatic carbocycles. The molecule has 0 amide bonds. The number of ether oxygens (including phenoxy) is 1. The lowest BCUT2D eigenvalue weighted by Gasteiger charge is -2.30. The van der Waals surface area contributed by atoms with E-state index >= 15 is 0 Å². The first-order chi connectivity index (χ1) is 4.81. The Morgan fingerprint density at radius 1 is 1.50 bits per heavy atom. The molecule has 74 valence electrons. The van der Waals surface area contributed by atoms with E-state index in [1.807, 2.05) is 21.1 Å². The highest BCUT2D eigenvalue weighted by molar-refractivity contribution is 5.85. The fourth-order valence-corrected chi connectivity index (χ4v) is 0.991. The SMILES string of the molecule is C[C@@H](C[N+](C)(C)C)OC(=N)[O-].Cl. The van der Waals surface area contributed by atoms with Gasteiger partial charge in [0.15, 0.2) is 0 Å². The van der Waals surface area contributed by atoms with Gasteiger partial charge >= 0.3 is 0 Å². The van der Waals surface area contributed by atoms with Crippen LogP contribution in [0, 0.1) is 5.41 Å². The second kappa shape index (κ2) is 5.22. The molecule has 5 heteroatoms. The van der Waals surface area contributed by atoms with Gasteiger partial charge in [-0.05, 0) is 6.92 Å². The van der Waals surface area contributed by atoms with Gasteiger partial charge in [-0.15, -0.1) is 12.4 Å². The molecule has 0 radical (unpaired) electrons. The van der Waals surface area contributed by atoms with E-state index in [1.165, 1.54) is 0 Å². The molecular formula is C7H17ClN2O2. The van der Waals surface area contributed by atoms with E-state index in [4.69, 9.17) is 5.41 Å². The minimum Gasteiger partial charge on any atom is -0.592 e. The Morgan fingerprint density at radius 3 is 2.17 bits per heavy atom. The van der Waals surface area contributed by atoms with Crippen LogP contribution >= 0.6 is 12.4 Å². The minimum absolute atomic E-state index is 0. The molecule has 4 nitrogen and oxygen atoms in total. The van der Waals surface area contributed by atoms with E-state index in [2.05, 4.69) is 4.74 Å². The van der Waals surface area contributed by atoms with Crippen molar-refractivity contribution in [1.82, 2.24) is 0 Å². The lowest BCUT2D eigenvalue weighted by Crippen LogP contribution is -2.42. The van der Waals surface area contributed by atoms with Crippen molar-refractivity contribution >= 4 is 18.5 Å². The summed E-state index contributed by atoms with van der Waals surface area (Å²) in [5.41, 5.74) is 0. The molecule has 0 heterocycles. The van der Waals surface area contributed by atoms with E-state index in [1.54, 1.807) is 6.92 Å². The van der Waals surface area contributed by atoms with E-state index < -0.39 is 6.08 Å². The van der Waals surface area contributed by atoms with Gasteiger partial charge in [0.2, 0.25) is 0 Å². The summed E-state index contributed by atoms with van der Waals surface area (Å²) in [5.74, 6) is 0. The van der Waals surface area contributed by atoms with Gasteiger partial charge in [-0.2, -0.15) is 0 Å². The second-order valence-corrected chi connectivity index (χ2v) is 3.69. The fraction of sp³-hybridized carbons (Fsp3) is 0.857. The quantitative estimate of drug-likeness (QED) is 0.387. The van der Waals surface area contributed by atoms with E-state index in [0.29, 0.717) is 0 Å². The van der Waals surface area contributed by atoms with Crippen molar-refractivity contribution in [2.75, 3.05) is 27.7 Å². The number of hydrogen-bond donors (Lipinski definition) is 1. The molecule has 0 aromatic heterocycles. The summed E-state index contributed by atoms with van der Waals surface area (Å²) in [5, 5.41) is 16.7. The van der Waals surface area contributed by atoms with Crippen molar-refractivity contribution in [2.45, 2.75) is 13.0 Å². The summed E-state index contributed by atoms with van der Waals surface area (Å²) < 4.78 is 5.37. The summed E-state index contributed by atoms with van der Waals surface area (Å²) in [4.78, 5) is 0. The van der Waals surface area contributed by atoms with Crippen molar-refractivity contribution < 1.29 is 14.3 Å². The van der Waals surface area contributed by atoms with Crippen molar-refractivity contribution in [3.05, 3.63) is 0 Å². The number of rotatable bonds is 3. The van der Waals surface area contributed by atoms with Crippen LogP contribution < -0.4 is 5.11 Å². The summed E-state index contributed by atoms with van der Waals surface area (Å²) in [7, 11) is 6.02. The maximum absolute atomic E-state index is 10.2. The number of quaternary nitrogens is 1. The minimum atomic E-state index is -0.953. The van der Waals surface area contributed by atoms with E-state index in [0.717, 1.165) is 11.0 Å². The number of nitrogens with one attached hydrogen (secondary N) is 1. The lowest BCUT2D eigenvalue weighted by atomic mass is 10.3. The van der Waals surface area contributed by atoms with Crippen molar-refractivity contribution in [2.24, 2.45) is 0 Å². The highest BCUT2D eigenvalue weighted by atomic mass is 35.5. The van der Waals surface area contributed by atoms with Crippen LogP contribution in [0.15, 0.2) is 0 Å². The molecule has 0 aliphatic rings. The van der Waals surface area contributed by atoms with Crippen LogP contribution in [0.3, 0.4) is 0 Å². The lowest BCUT2D eigenvalue weighted by molar-refractivity contribution is -0.873. The van der Waals surface area contributed by atoms with E-state index in [9.17, 15) is 5.11 Å². The Morgan fingerprint density at radius 2 is 1.92 bits per heavy atom. The first-order valence-electron chi connectivity index (χ1n) is 3.54. The predicted octanol–water partition coefficient (Wildman–Crippen LogP) is -0.185.